The molecule has 1 aromatic carbocycles. The van der Waals surface area contributed by atoms with Crippen molar-refractivity contribution in [2.24, 2.45) is 0 Å². The first-order valence-electron chi connectivity index (χ1n) is 14.2. The fraction of sp³-hybridized carbons (Fsp3) is 0.759. The van der Waals surface area contributed by atoms with E-state index in [2.05, 4.69) is 40.9 Å². The number of para-hydroxylation sites is 1. The van der Waals surface area contributed by atoms with E-state index in [4.69, 9.17) is 0 Å². The lowest BCUT2D eigenvalue weighted by atomic mass is 10.0. The maximum atomic E-state index is 4.66. The molecule has 0 saturated carbocycles. The van der Waals surface area contributed by atoms with Gasteiger partial charge >= 0.3 is 0 Å². The summed E-state index contributed by atoms with van der Waals surface area (Å²) in [6.45, 7) is 3.38. The van der Waals surface area contributed by atoms with E-state index in [1.54, 1.807) is 23.3 Å². The second kappa shape index (κ2) is 20.8. The van der Waals surface area contributed by atoms with Crippen LogP contribution in [0.25, 0.3) is 10.2 Å². The Kier molecular flexibility index (Phi) is 18.0. The third-order valence-corrected chi connectivity index (χ3v) is 8.51. The van der Waals surface area contributed by atoms with Crippen LogP contribution in [0.3, 0.4) is 0 Å². The fourth-order valence-electron chi connectivity index (χ4n) is 4.46. The summed E-state index contributed by atoms with van der Waals surface area (Å²) in [5.74, 6) is 0. The highest BCUT2D eigenvalue weighted by Gasteiger charge is 2.03. The topological polar surface area (TPSA) is 24.9 Å². The Morgan fingerprint density at radius 2 is 1.09 bits per heavy atom. The third-order valence-electron chi connectivity index (χ3n) is 6.57. The van der Waals surface area contributed by atoms with Crippen LogP contribution in [0.5, 0.6) is 0 Å². The molecule has 0 radical (unpaired) electrons. The molecule has 2 rings (SSSR count). The summed E-state index contributed by atoms with van der Waals surface area (Å²) in [6, 6.07) is 8.38. The molecule has 1 aromatic heterocycles. The normalized spacial score (nSPS) is 11.5. The number of hydrogen-bond donors (Lipinski definition) is 1. The lowest BCUT2D eigenvalue weighted by Crippen LogP contribution is -2.04. The van der Waals surface area contributed by atoms with Gasteiger partial charge in [0.05, 0.1) is 10.2 Å². The Hall–Kier alpha value is -0.580. The lowest BCUT2D eigenvalue weighted by molar-refractivity contribution is 0.522. The van der Waals surface area contributed by atoms with Crippen molar-refractivity contribution in [2.75, 3.05) is 6.54 Å². The Morgan fingerprint density at radius 3 is 1.58 bits per heavy atom. The van der Waals surface area contributed by atoms with Crippen LogP contribution in [-0.2, 0) is 0 Å². The summed E-state index contributed by atoms with van der Waals surface area (Å²) < 4.78 is 5.89. The zero-order valence-electron chi connectivity index (χ0n) is 21.4. The van der Waals surface area contributed by atoms with Crippen molar-refractivity contribution in [3.63, 3.8) is 0 Å². The Morgan fingerprint density at radius 1 is 0.636 bits per heavy atom. The van der Waals surface area contributed by atoms with Gasteiger partial charge in [-0.2, -0.15) is 0 Å². The molecule has 0 aliphatic carbocycles. The second-order valence-electron chi connectivity index (χ2n) is 9.66. The predicted molar refractivity (Wildman–Crippen MR) is 151 cm³/mol. The van der Waals surface area contributed by atoms with Gasteiger partial charge in [0, 0.05) is 6.54 Å². The smallest absolute Gasteiger partial charge is 0.166 e. The largest absolute Gasteiger partial charge is 0.258 e. The monoisotopic (exact) mass is 490 g/mol. The van der Waals surface area contributed by atoms with E-state index in [0.717, 1.165) is 16.4 Å². The van der Waals surface area contributed by atoms with Gasteiger partial charge in [-0.15, -0.1) is 11.3 Å². The number of fused-ring (bicyclic) bond motifs is 1. The van der Waals surface area contributed by atoms with Crippen molar-refractivity contribution < 1.29 is 0 Å². The molecule has 0 spiro atoms. The number of nitrogens with one attached hydrogen (secondary N) is 1. The zero-order valence-corrected chi connectivity index (χ0v) is 23.1. The van der Waals surface area contributed by atoms with E-state index in [0.29, 0.717) is 0 Å². The molecule has 4 heteroatoms. The predicted octanol–water partition coefficient (Wildman–Crippen LogP) is 10.7. The van der Waals surface area contributed by atoms with Crippen LogP contribution in [0.4, 0.5) is 0 Å². The number of unbranched alkanes of at least 4 members (excludes halogenated alkanes) is 19. The number of benzene rings is 1. The molecule has 0 bridgehead atoms. The highest BCUT2D eigenvalue weighted by Crippen LogP contribution is 2.27. The lowest BCUT2D eigenvalue weighted by Gasteiger charge is -2.04. The van der Waals surface area contributed by atoms with Gasteiger partial charge < -0.3 is 0 Å². The minimum absolute atomic E-state index is 1.08. The maximum Gasteiger partial charge on any atom is 0.166 e. The zero-order chi connectivity index (χ0) is 23.2. The van der Waals surface area contributed by atoms with Crippen LogP contribution in [0.2, 0.25) is 0 Å². The van der Waals surface area contributed by atoms with Crippen LogP contribution in [0.15, 0.2) is 28.6 Å². The van der Waals surface area contributed by atoms with Gasteiger partial charge in [0.2, 0.25) is 0 Å². The van der Waals surface area contributed by atoms with Crippen LogP contribution in [-0.4, -0.2) is 11.5 Å². The average Bonchev–Trinajstić information content (AvgIpc) is 3.25. The first-order valence-corrected chi connectivity index (χ1v) is 15.8. The number of nitrogens with zero attached hydrogens (tertiary/aromatic N) is 1. The first-order chi connectivity index (χ1) is 16.4. The van der Waals surface area contributed by atoms with Gasteiger partial charge in [0.15, 0.2) is 4.34 Å². The van der Waals surface area contributed by atoms with Crippen LogP contribution in [0, 0.1) is 0 Å². The molecule has 33 heavy (non-hydrogen) atoms. The van der Waals surface area contributed by atoms with Crippen molar-refractivity contribution in [3.05, 3.63) is 24.3 Å². The fourth-order valence-corrected chi connectivity index (χ4v) is 6.28. The molecule has 0 aliphatic rings. The Balaban J connectivity index is 1.23. The van der Waals surface area contributed by atoms with Gasteiger partial charge in [0.1, 0.15) is 0 Å². The molecule has 1 N–H and O–H groups in total. The van der Waals surface area contributed by atoms with Crippen molar-refractivity contribution in [1.29, 1.82) is 0 Å². The number of thiazole rings is 1. The van der Waals surface area contributed by atoms with E-state index < -0.39 is 0 Å². The Bertz CT molecular complexity index is 652. The van der Waals surface area contributed by atoms with E-state index in [1.807, 2.05) is 0 Å². The molecule has 188 valence electrons. The van der Waals surface area contributed by atoms with E-state index in [9.17, 15) is 0 Å². The van der Waals surface area contributed by atoms with Gasteiger partial charge in [0.25, 0.3) is 0 Å². The molecule has 0 saturated heterocycles. The number of aromatic nitrogens is 1. The molecule has 0 atom stereocenters. The van der Waals surface area contributed by atoms with E-state index in [1.165, 1.54) is 133 Å². The average molecular weight is 491 g/mol. The minimum Gasteiger partial charge on any atom is -0.258 e. The van der Waals surface area contributed by atoms with Gasteiger partial charge in [-0.05, 0) is 30.5 Å². The molecule has 1 heterocycles. The minimum atomic E-state index is 1.08. The summed E-state index contributed by atoms with van der Waals surface area (Å²) in [5.41, 5.74) is 1.12. The number of hydrogen-bond acceptors (Lipinski definition) is 4. The Labute approximate surface area is 213 Å². The molecule has 2 aromatic rings. The molecule has 2 nitrogen and oxygen atoms in total. The number of rotatable bonds is 23. The van der Waals surface area contributed by atoms with Crippen molar-refractivity contribution in [3.8, 4) is 0 Å². The first kappa shape index (κ1) is 28.7. The van der Waals surface area contributed by atoms with Gasteiger partial charge in [-0.3, -0.25) is 4.72 Å². The standard InChI is InChI=1S/C29H50N2S2/c1-2-3-4-5-6-7-8-9-10-11-12-13-14-15-16-17-18-19-20-23-26-30-33-29-31-27-24-21-22-25-28(27)32-29/h21-22,24-25,30H,2-20,23,26H2,1H3. The van der Waals surface area contributed by atoms with Crippen molar-refractivity contribution in [1.82, 2.24) is 9.71 Å². The van der Waals surface area contributed by atoms with Crippen LogP contribution in [0.1, 0.15) is 135 Å². The summed E-state index contributed by atoms with van der Waals surface area (Å²) in [6.07, 6.45) is 28.8. The third kappa shape index (κ3) is 15.1. The SMILES string of the molecule is CCCCCCCCCCCCCCCCCCCCCCNSc1nc2ccccc2s1. The van der Waals surface area contributed by atoms with Crippen LogP contribution < -0.4 is 4.72 Å². The van der Waals surface area contributed by atoms with Crippen molar-refractivity contribution in [2.45, 2.75) is 140 Å². The van der Waals surface area contributed by atoms with Gasteiger partial charge in [-0.25, -0.2) is 4.98 Å². The maximum absolute atomic E-state index is 4.66. The van der Waals surface area contributed by atoms with Crippen LogP contribution >= 0.6 is 23.3 Å². The molecule has 0 amide bonds. The van der Waals surface area contributed by atoms with E-state index in [-0.39, 0.29) is 0 Å². The second-order valence-corrected chi connectivity index (χ2v) is 11.8. The molecular formula is C29H50N2S2. The molecule has 0 aliphatic heterocycles. The summed E-state index contributed by atoms with van der Waals surface area (Å²) in [7, 11) is 0. The molecule has 0 fully saturated rings. The van der Waals surface area contributed by atoms with Crippen molar-refractivity contribution >= 4 is 33.5 Å². The van der Waals surface area contributed by atoms with Gasteiger partial charge in [-0.1, -0.05) is 141 Å². The summed E-state index contributed by atoms with van der Waals surface area (Å²) in [5, 5.41) is 0. The highest BCUT2D eigenvalue weighted by molar-refractivity contribution is 7.99. The van der Waals surface area contributed by atoms with E-state index >= 15 is 0 Å². The highest BCUT2D eigenvalue weighted by atomic mass is 32.2. The summed E-state index contributed by atoms with van der Waals surface area (Å²) in [4.78, 5) is 4.66. The quantitative estimate of drug-likeness (QED) is 0.124. The summed E-state index contributed by atoms with van der Waals surface area (Å²) >= 11 is 3.47. The molecular weight excluding hydrogens is 440 g/mol. The molecule has 0 unspecified atom stereocenters.